The van der Waals surface area contributed by atoms with E-state index in [1.165, 1.54) is 5.56 Å². The molecule has 0 bridgehead atoms. The Labute approximate surface area is 135 Å². The lowest BCUT2D eigenvalue weighted by Gasteiger charge is -2.25. The van der Waals surface area contributed by atoms with Crippen LogP contribution in [-0.2, 0) is 0 Å². The molecule has 2 aromatic rings. The Kier molecular flexibility index (Phi) is 5.42. The fraction of sp³-hybridized carbons (Fsp3) is 0.188. The number of hydrogen-bond donors (Lipinski definition) is 2. The van der Waals surface area contributed by atoms with E-state index in [2.05, 4.69) is 48.9 Å². The molecule has 0 saturated heterocycles. The lowest BCUT2D eigenvalue weighted by atomic mass is 10.2. The third kappa shape index (κ3) is 4.62. The molecule has 5 heteroatoms. The summed E-state index contributed by atoms with van der Waals surface area (Å²) in [6.45, 7) is 4.93. The molecule has 0 saturated carbocycles. The first-order valence-corrected chi connectivity index (χ1v) is 7.54. The summed E-state index contributed by atoms with van der Waals surface area (Å²) in [5.74, 6) is 0. The Morgan fingerprint density at radius 3 is 2.29 bits per heavy atom. The average Bonchev–Trinajstić information content (AvgIpc) is 2.48. The summed E-state index contributed by atoms with van der Waals surface area (Å²) < 4.78 is 0. The van der Waals surface area contributed by atoms with Crippen molar-refractivity contribution >= 4 is 40.3 Å². The van der Waals surface area contributed by atoms with Crippen LogP contribution in [0.25, 0.3) is 0 Å². The van der Waals surface area contributed by atoms with Crippen LogP contribution in [0.3, 0.4) is 0 Å². The van der Waals surface area contributed by atoms with Gasteiger partial charge in [0.15, 0.2) is 5.11 Å². The number of nitrogens with one attached hydrogen (secondary N) is 2. The van der Waals surface area contributed by atoms with Gasteiger partial charge in [0.25, 0.3) is 0 Å². The third-order valence-corrected chi connectivity index (χ3v) is 3.45. The van der Waals surface area contributed by atoms with E-state index in [1.807, 2.05) is 29.3 Å². The topological polar surface area (TPSA) is 27.3 Å². The second-order valence-electron chi connectivity index (χ2n) is 4.65. The van der Waals surface area contributed by atoms with E-state index < -0.39 is 0 Å². The van der Waals surface area contributed by atoms with Crippen LogP contribution < -0.4 is 15.8 Å². The average molecular weight is 320 g/mol. The molecule has 0 aliphatic rings. The molecular formula is C16H18ClN3S. The van der Waals surface area contributed by atoms with Crippen LogP contribution in [0.1, 0.15) is 12.5 Å². The monoisotopic (exact) mass is 319 g/mol. The summed E-state index contributed by atoms with van der Waals surface area (Å²) in [4.78, 5) is 0. The Morgan fingerprint density at radius 1 is 1.10 bits per heavy atom. The molecule has 0 aromatic heterocycles. The largest absolute Gasteiger partial charge is 0.331 e. The van der Waals surface area contributed by atoms with Crippen molar-refractivity contribution in [2.45, 2.75) is 13.8 Å². The van der Waals surface area contributed by atoms with E-state index in [1.54, 1.807) is 0 Å². The number of thiocarbonyl (C=S) groups is 1. The highest BCUT2D eigenvalue weighted by molar-refractivity contribution is 7.80. The molecule has 0 unspecified atom stereocenters. The van der Waals surface area contributed by atoms with Gasteiger partial charge >= 0.3 is 0 Å². The minimum atomic E-state index is 0.541. The zero-order valence-corrected chi connectivity index (χ0v) is 13.6. The predicted octanol–water partition coefficient (Wildman–Crippen LogP) is 4.38. The number of anilines is 2. The molecule has 0 heterocycles. The lowest BCUT2D eigenvalue weighted by Crippen LogP contribution is -2.44. The fourth-order valence-corrected chi connectivity index (χ4v) is 2.22. The Balaban J connectivity index is 1.99. The van der Waals surface area contributed by atoms with E-state index >= 15 is 0 Å². The highest BCUT2D eigenvalue weighted by Gasteiger charge is 2.06. The smallest absolute Gasteiger partial charge is 0.189 e. The van der Waals surface area contributed by atoms with E-state index in [-0.39, 0.29) is 0 Å². The van der Waals surface area contributed by atoms with Gasteiger partial charge in [0.1, 0.15) is 0 Å². The van der Waals surface area contributed by atoms with Gasteiger partial charge in [0.05, 0.1) is 5.69 Å². The van der Waals surface area contributed by atoms with Gasteiger partial charge in [-0.15, -0.1) is 0 Å². The number of hydrogen-bond acceptors (Lipinski definition) is 2. The molecule has 0 fully saturated rings. The summed E-state index contributed by atoms with van der Waals surface area (Å²) in [6, 6.07) is 15.7. The third-order valence-electron chi connectivity index (χ3n) is 3.00. The molecule has 21 heavy (non-hydrogen) atoms. The highest BCUT2D eigenvalue weighted by atomic mass is 35.5. The molecule has 0 amide bonds. The zero-order chi connectivity index (χ0) is 15.2. The van der Waals surface area contributed by atoms with Crippen molar-refractivity contribution in [3.8, 4) is 0 Å². The van der Waals surface area contributed by atoms with Gasteiger partial charge in [-0.3, -0.25) is 10.4 Å². The minimum Gasteiger partial charge on any atom is -0.331 e. The van der Waals surface area contributed by atoms with Gasteiger partial charge < -0.3 is 5.32 Å². The van der Waals surface area contributed by atoms with Crippen molar-refractivity contribution < 1.29 is 0 Å². The standard InChI is InChI=1S/C16H18ClN3S/c1-3-20(15-10-4-12(2)5-11-15)19-16(21)18-14-8-6-13(17)7-9-14/h4-11H,3H2,1-2H3,(H2,18,19,21). The second-order valence-corrected chi connectivity index (χ2v) is 5.50. The normalized spacial score (nSPS) is 10.0. The molecule has 110 valence electrons. The fourth-order valence-electron chi connectivity index (χ4n) is 1.87. The van der Waals surface area contributed by atoms with Gasteiger partial charge in [0.2, 0.25) is 0 Å². The molecule has 0 radical (unpaired) electrons. The molecule has 2 N–H and O–H groups in total. The molecule has 3 nitrogen and oxygen atoms in total. The second kappa shape index (κ2) is 7.29. The zero-order valence-electron chi connectivity index (χ0n) is 12.1. The summed E-state index contributed by atoms with van der Waals surface area (Å²) in [5.41, 5.74) is 6.39. The molecule has 0 atom stereocenters. The first-order valence-electron chi connectivity index (χ1n) is 6.76. The van der Waals surface area contributed by atoms with Crippen LogP contribution in [0, 0.1) is 6.92 Å². The number of nitrogens with zero attached hydrogens (tertiary/aromatic N) is 1. The number of halogens is 1. The van der Waals surface area contributed by atoms with Crippen LogP contribution in [0.15, 0.2) is 48.5 Å². The quantitative estimate of drug-likeness (QED) is 0.646. The van der Waals surface area contributed by atoms with Crippen LogP contribution >= 0.6 is 23.8 Å². The predicted molar refractivity (Wildman–Crippen MR) is 95.0 cm³/mol. The molecule has 0 aliphatic heterocycles. The van der Waals surface area contributed by atoms with Crippen molar-refractivity contribution in [2.75, 3.05) is 16.9 Å². The molecule has 2 rings (SSSR count). The minimum absolute atomic E-state index is 0.541. The maximum absolute atomic E-state index is 5.86. The Bertz CT molecular complexity index is 596. The number of benzene rings is 2. The van der Waals surface area contributed by atoms with Crippen LogP contribution in [-0.4, -0.2) is 11.7 Å². The van der Waals surface area contributed by atoms with Crippen LogP contribution in [0.5, 0.6) is 0 Å². The van der Waals surface area contributed by atoms with Crippen molar-refractivity contribution in [1.82, 2.24) is 5.43 Å². The summed E-state index contributed by atoms with van der Waals surface area (Å²) >= 11 is 11.2. The van der Waals surface area contributed by atoms with Gasteiger partial charge in [0, 0.05) is 17.3 Å². The summed E-state index contributed by atoms with van der Waals surface area (Å²) in [5, 5.41) is 6.37. The first kappa shape index (κ1) is 15.6. The van der Waals surface area contributed by atoms with E-state index in [4.69, 9.17) is 23.8 Å². The van der Waals surface area contributed by atoms with Crippen molar-refractivity contribution in [3.63, 3.8) is 0 Å². The number of rotatable bonds is 4. The molecule has 2 aromatic carbocycles. The van der Waals surface area contributed by atoms with Crippen LogP contribution in [0.2, 0.25) is 5.02 Å². The maximum Gasteiger partial charge on any atom is 0.189 e. The van der Waals surface area contributed by atoms with E-state index in [0.29, 0.717) is 10.1 Å². The SMILES string of the molecule is CCN(NC(=S)Nc1ccc(Cl)cc1)c1ccc(C)cc1. The van der Waals surface area contributed by atoms with E-state index in [9.17, 15) is 0 Å². The van der Waals surface area contributed by atoms with Gasteiger partial charge in [-0.1, -0.05) is 29.3 Å². The number of hydrazine groups is 1. The molecular weight excluding hydrogens is 302 g/mol. The summed E-state index contributed by atoms with van der Waals surface area (Å²) in [7, 11) is 0. The highest BCUT2D eigenvalue weighted by Crippen LogP contribution is 2.15. The molecule has 0 spiro atoms. The molecule has 0 aliphatic carbocycles. The van der Waals surface area contributed by atoms with Crippen molar-refractivity contribution in [1.29, 1.82) is 0 Å². The van der Waals surface area contributed by atoms with Crippen molar-refractivity contribution in [3.05, 3.63) is 59.1 Å². The van der Waals surface area contributed by atoms with E-state index in [0.717, 1.165) is 17.9 Å². The Morgan fingerprint density at radius 2 is 1.71 bits per heavy atom. The lowest BCUT2D eigenvalue weighted by molar-refractivity contribution is 0.800. The van der Waals surface area contributed by atoms with Gasteiger partial charge in [-0.25, -0.2) is 0 Å². The Hall–Kier alpha value is -1.78. The van der Waals surface area contributed by atoms with Gasteiger partial charge in [-0.05, 0) is 62.5 Å². The van der Waals surface area contributed by atoms with Gasteiger partial charge in [-0.2, -0.15) is 0 Å². The summed E-state index contributed by atoms with van der Waals surface area (Å²) in [6.07, 6.45) is 0. The first-order chi connectivity index (χ1) is 10.1. The number of aryl methyl sites for hydroxylation is 1. The maximum atomic E-state index is 5.86. The van der Waals surface area contributed by atoms with Crippen molar-refractivity contribution in [2.24, 2.45) is 0 Å². The van der Waals surface area contributed by atoms with Crippen LogP contribution in [0.4, 0.5) is 11.4 Å².